The van der Waals surface area contributed by atoms with E-state index in [1.807, 2.05) is 0 Å². The number of halogens is 2. The van der Waals surface area contributed by atoms with Crippen molar-refractivity contribution in [3.8, 4) is 0 Å². The molecule has 3 aromatic rings. The van der Waals surface area contributed by atoms with Crippen LogP contribution in [0.3, 0.4) is 0 Å². The Labute approximate surface area is 187 Å². The molecule has 0 saturated carbocycles. The molecule has 1 aliphatic rings. The third-order valence-electron chi connectivity index (χ3n) is 4.98. The minimum atomic E-state index is -0.373. The molecule has 4 rings (SSSR count). The second-order valence-electron chi connectivity index (χ2n) is 7.25. The van der Waals surface area contributed by atoms with Crippen molar-refractivity contribution in [2.75, 3.05) is 31.5 Å². The van der Waals surface area contributed by atoms with Crippen LogP contribution in [-0.4, -0.2) is 47.2 Å². The summed E-state index contributed by atoms with van der Waals surface area (Å²) in [6.07, 6.45) is 0. The third-order valence-corrected chi connectivity index (χ3v) is 5.59. The maximum atomic E-state index is 13.4. The molecule has 0 spiro atoms. The Balaban J connectivity index is 1.38. The van der Waals surface area contributed by atoms with E-state index in [9.17, 15) is 4.39 Å². The van der Waals surface area contributed by atoms with Gasteiger partial charge in [-0.1, -0.05) is 24.3 Å². The van der Waals surface area contributed by atoms with E-state index in [0.29, 0.717) is 28.2 Å². The molecule has 1 aliphatic heterocycles. The number of aromatic nitrogens is 2. The summed E-state index contributed by atoms with van der Waals surface area (Å²) in [5.41, 5.74) is 9.24. The van der Waals surface area contributed by atoms with Gasteiger partial charge in [0.25, 0.3) is 0 Å². The molecule has 8 nitrogen and oxygen atoms in total. The van der Waals surface area contributed by atoms with Gasteiger partial charge < -0.3 is 16.4 Å². The van der Waals surface area contributed by atoms with Crippen molar-refractivity contribution < 1.29 is 9.02 Å². The Kier molecular flexibility index (Phi) is 6.90. The molecule has 0 atom stereocenters. The lowest BCUT2D eigenvalue weighted by atomic mass is 10.1. The predicted octanol–water partition coefficient (Wildman–Crippen LogP) is 3.03. The Morgan fingerprint density at radius 3 is 2.65 bits per heavy atom. The number of anilines is 1. The van der Waals surface area contributed by atoms with E-state index in [4.69, 9.17) is 10.4 Å². The van der Waals surface area contributed by atoms with Gasteiger partial charge in [-0.3, -0.25) is 4.90 Å². The molecule has 0 bridgehead atoms. The van der Waals surface area contributed by atoms with E-state index in [2.05, 4.69) is 71.0 Å². The number of aliphatic imine (C=N–C) groups is 1. The average molecular weight is 488 g/mol. The van der Waals surface area contributed by atoms with Crippen molar-refractivity contribution in [1.82, 2.24) is 20.5 Å². The number of benzene rings is 2. The fraction of sp³-hybridized carbons (Fsp3) is 0.286. The molecule has 31 heavy (non-hydrogen) atoms. The second kappa shape index (κ2) is 9.99. The third kappa shape index (κ3) is 5.66. The summed E-state index contributed by atoms with van der Waals surface area (Å²) >= 11 is 3.13. The topological polar surface area (TPSA) is 105 Å². The van der Waals surface area contributed by atoms with Gasteiger partial charge in [0.2, 0.25) is 5.82 Å². The molecule has 0 aliphatic carbocycles. The van der Waals surface area contributed by atoms with Crippen LogP contribution < -0.4 is 16.4 Å². The van der Waals surface area contributed by atoms with Crippen molar-refractivity contribution in [1.29, 1.82) is 0 Å². The van der Waals surface area contributed by atoms with E-state index in [-0.39, 0.29) is 11.7 Å². The van der Waals surface area contributed by atoms with Gasteiger partial charge in [0.1, 0.15) is 5.82 Å². The highest BCUT2D eigenvalue weighted by Gasteiger charge is 2.15. The summed E-state index contributed by atoms with van der Waals surface area (Å²) in [5.74, 6) is 0.142. The highest BCUT2D eigenvalue weighted by Crippen LogP contribution is 2.23. The number of nitrogens with one attached hydrogen (secondary N) is 2. The van der Waals surface area contributed by atoms with Crippen LogP contribution in [0.25, 0.3) is 0 Å². The van der Waals surface area contributed by atoms with Gasteiger partial charge in [-0.15, -0.1) is 0 Å². The van der Waals surface area contributed by atoms with E-state index in [0.717, 1.165) is 38.3 Å². The zero-order valence-electron chi connectivity index (χ0n) is 16.8. The molecule has 162 valence electrons. The molecule has 0 unspecified atom stereocenters. The number of rotatable bonds is 7. The maximum Gasteiger partial charge on any atom is 0.202 e. The van der Waals surface area contributed by atoms with Gasteiger partial charge in [-0.2, -0.15) is 0 Å². The first kappa shape index (κ1) is 21.4. The fourth-order valence-corrected chi connectivity index (χ4v) is 3.66. The summed E-state index contributed by atoms with van der Waals surface area (Å²) in [6.45, 7) is 5.72. The Hall–Kier alpha value is -2.82. The number of hydrogen-bond acceptors (Lipinski definition) is 7. The number of hydrogen-bond donors (Lipinski definition) is 3. The molecule has 0 amide bonds. The van der Waals surface area contributed by atoms with Crippen molar-refractivity contribution in [2.45, 2.75) is 13.1 Å². The quantitative estimate of drug-likeness (QED) is 0.347. The molecule has 2 heterocycles. The lowest BCUT2D eigenvalue weighted by Crippen LogP contribution is -2.42. The highest BCUT2D eigenvalue weighted by atomic mass is 79.9. The van der Waals surface area contributed by atoms with Crippen LogP contribution in [0.4, 0.5) is 15.9 Å². The molecule has 0 radical (unpaired) electrons. The molecule has 1 aromatic heterocycles. The fourth-order valence-electron chi connectivity index (χ4n) is 3.29. The number of nitrogens with two attached hydrogens (primary N) is 1. The Morgan fingerprint density at radius 1 is 1.16 bits per heavy atom. The summed E-state index contributed by atoms with van der Waals surface area (Å²) in [6, 6.07) is 12.8. The lowest BCUT2D eigenvalue weighted by molar-refractivity contribution is 0.233. The molecular formula is C21H23BrFN7O. The summed E-state index contributed by atoms with van der Waals surface area (Å²) in [7, 11) is 0. The van der Waals surface area contributed by atoms with E-state index in [1.165, 1.54) is 23.8 Å². The summed E-state index contributed by atoms with van der Waals surface area (Å²) in [4.78, 5) is 6.72. The minimum absolute atomic E-state index is 0.119. The van der Waals surface area contributed by atoms with Crippen molar-refractivity contribution >= 4 is 33.3 Å². The van der Waals surface area contributed by atoms with Crippen LogP contribution in [0.1, 0.15) is 16.8 Å². The number of nitrogens with zero attached hydrogens (tertiary/aromatic N) is 4. The monoisotopic (exact) mass is 487 g/mol. The lowest BCUT2D eigenvalue weighted by Gasteiger charge is -2.27. The zero-order valence-corrected chi connectivity index (χ0v) is 18.4. The van der Waals surface area contributed by atoms with E-state index in [1.54, 1.807) is 0 Å². The van der Waals surface area contributed by atoms with Crippen LogP contribution in [0, 0.1) is 5.82 Å². The molecule has 1 saturated heterocycles. The van der Waals surface area contributed by atoms with Crippen LogP contribution in [0.5, 0.6) is 0 Å². The number of piperazine rings is 1. The van der Waals surface area contributed by atoms with Gasteiger partial charge in [-0.25, -0.2) is 14.0 Å². The highest BCUT2D eigenvalue weighted by molar-refractivity contribution is 9.10. The van der Waals surface area contributed by atoms with Crippen LogP contribution in [-0.2, 0) is 13.1 Å². The van der Waals surface area contributed by atoms with Crippen molar-refractivity contribution in [3.63, 3.8) is 0 Å². The SMILES string of the molecule is NC(=Nc1ccc(F)c(Br)c1)c1nonc1NCc1ccc(CN2CCNCC2)cc1. The first-order valence-corrected chi connectivity index (χ1v) is 10.7. The normalized spacial score (nSPS) is 15.2. The van der Waals surface area contributed by atoms with Gasteiger partial charge in [0.05, 0.1) is 10.2 Å². The second-order valence-corrected chi connectivity index (χ2v) is 8.11. The Bertz CT molecular complexity index is 1050. The van der Waals surface area contributed by atoms with Gasteiger partial charge >= 0.3 is 0 Å². The minimum Gasteiger partial charge on any atom is -0.382 e. The first-order chi connectivity index (χ1) is 15.1. The largest absolute Gasteiger partial charge is 0.382 e. The van der Waals surface area contributed by atoms with E-state index >= 15 is 0 Å². The first-order valence-electron chi connectivity index (χ1n) is 9.95. The summed E-state index contributed by atoms with van der Waals surface area (Å²) in [5, 5.41) is 14.3. The Morgan fingerprint density at radius 2 is 1.90 bits per heavy atom. The molecular weight excluding hydrogens is 465 g/mol. The molecule has 10 heteroatoms. The average Bonchev–Trinajstić information content (AvgIpc) is 3.25. The van der Waals surface area contributed by atoms with Gasteiger partial charge in [0.15, 0.2) is 11.5 Å². The standard InChI is InChI=1S/C21H23BrFN7O/c22-17-11-16(5-6-18(17)23)27-20(24)19-21(29-31-28-19)26-12-14-1-3-15(4-2-14)13-30-9-7-25-8-10-30/h1-6,11,25H,7-10,12-13H2,(H2,24,27)(H,26,29). The molecule has 2 aromatic carbocycles. The van der Waals surface area contributed by atoms with Crippen molar-refractivity contribution in [2.24, 2.45) is 10.7 Å². The molecule has 4 N–H and O–H groups in total. The van der Waals surface area contributed by atoms with Crippen LogP contribution >= 0.6 is 15.9 Å². The van der Waals surface area contributed by atoms with Crippen molar-refractivity contribution in [3.05, 3.63) is 69.6 Å². The zero-order chi connectivity index (χ0) is 21.6. The molecule has 1 fully saturated rings. The van der Waals surface area contributed by atoms with Gasteiger partial charge in [0, 0.05) is 39.3 Å². The van der Waals surface area contributed by atoms with Crippen LogP contribution in [0.2, 0.25) is 0 Å². The van der Waals surface area contributed by atoms with Gasteiger partial charge in [-0.05, 0) is 55.6 Å². The number of amidine groups is 1. The van der Waals surface area contributed by atoms with Crippen LogP contribution in [0.15, 0.2) is 56.6 Å². The predicted molar refractivity (Wildman–Crippen MR) is 121 cm³/mol. The summed E-state index contributed by atoms with van der Waals surface area (Å²) < 4.78 is 18.5. The van der Waals surface area contributed by atoms with E-state index < -0.39 is 0 Å². The smallest absolute Gasteiger partial charge is 0.202 e. The maximum absolute atomic E-state index is 13.4.